The second-order valence-electron chi connectivity index (χ2n) is 6.17. The van der Waals surface area contributed by atoms with Crippen LogP contribution in [-0.2, 0) is 32.2 Å². The fraction of sp³-hybridized carbons (Fsp3) is 0.350. The summed E-state index contributed by atoms with van der Waals surface area (Å²) in [6.45, 7) is 0.630. The highest BCUT2D eigenvalue weighted by Crippen LogP contribution is 2.22. The maximum Gasteiger partial charge on any atom is 0.338 e. The summed E-state index contributed by atoms with van der Waals surface area (Å²) in [5.41, 5.74) is 1.90. The molecule has 0 unspecified atom stereocenters. The molecule has 1 saturated heterocycles. The molecule has 0 spiro atoms. The number of rotatable bonds is 7. The minimum atomic E-state index is -1.62. The van der Waals surface area contributed by atoms with Gasteiger partial charge in [-0.1, -0.05) is 60.7 Å². The molecule has 0 radical (unpaired) electrons. The minimum absolute atomic E-state index is 0.0594. The first-order valence-electron chi connectivity index (χ1n) is 8.49. The van der Waals surface area contributed by atoms with E-state index >= 15 is 0 Å². The third-order valence-corrected chi connectivity index (χ3v) is 4.21. The van der Waals surface area contributed by atoms with Gasteiger partial charge in [0.25, 0.3) is 0 Å². The fourth-order valence-corrected chi connectivity index (χ4v) is 2.79. The van der Waals surface area contributed by atoms with E-state index in [-0.39, 0.29) is 13.2 Å². The molecule has 6 heteroatoms. The van der Waals surface area contributed by atoms with Crippen LogP contribution in [-0.4, -0.2) is 47.2 Å². The van der Waals surface area contributed by atoms with E-state index in [2.05, 4.69) is 0 Å². The van der Waals surface area contributed by atoms with E-state index in [1.165, 1.54) is 0 Å². The lowest BCUT2D eigenvalue weighted by Crippen LogP contribution is -2.57. The third-order valence-electron chi connectivity index (χ3n) is 4.21. The molecule has 1 aliphatic rings. The maximum absolute atomic E-state index is 11.7. The molecule has 0 aromatic heterocycles. The Morgan fingerprint density at radius 1 is 0.885 bits per heavy atom. The molecule has 138 valence electrons. The van der Waals surface area contributed by atoms with E-state index in [1.807, 2.05) is 60.7 Å². The van der Waals surface area contributed by atoms with Crippen molar-refractivity contribution in [2.45, 2.75) is 37.6 Å². The Morgan fingerprint density at radius 3 is 2.08 bits per heavy atom. The van der Waals surface area contributed by atoms with Gasteiger partial charge in [-0.25, -0.2) is 4.79 Å². The van der Waals surface area contributed by atoms with Crippen LogP contribution in [0.1, 0.15) is 11.1 Å². The Morgan fingerprint density at radius 2 is 1.46 bits per heavy atom. The Hall–Kier alpha value is -2.25. The molecular weight excluding hydrogens is 336 g/mol. The first kappa shape index (κ1) is 18.5. The van der Waals surface area contributed by atoms with E-state index in [4.69, 9.17) is 14.2 Å². The number of benzene rings is 2. The predicted octanol–water partition coefficient (Wildman–Crippen LogP) is 1.44. The highest BCUT2D eigenvalue weighted by atomic mass is 16.6. The molecule has 1 aliphatic heterocycles. The van der Waals surface area contributed by atoms with Gasteiger partial charge in [0.1, 0.15) is 12.2 Å². The lowest BCUT2D eigenvalue weighted by molar-refractivity contribution is -0.220. The molecular formula is C20H22O6. The van der Waals surface area contributed by atoms with Crippen LogP contribution < -0.4 is 0 Å². The van der Waals surface area contributed by atoms with E-state index in [0.717, 1.165) is 11.1 Å². The van der Waals surface area contributed by atoms with Gasteiger partial charge in [0.2, 0.25) is 0 Å². The molecule has 1 fully saturated rings. The van der Waals surface area contributed by atoms with Crippen molar-refractivity contribution in [2.24, 2.45) is 0 Å². The molecule has 2 aromatic carbocycles. The fourth-order valence-electron chi connectivity index (χ4n) is 2.79. The molecule has 3 rings (SSSR count). The van der Waals surface area contributed by atoms with Crippen molar-refractivity contribution in [3.63, 3.8) is 0 Å². The zero-order valence-corrected chi connectivity index (χ0v) is 14.2. The number of ether oxygens (including phenoxy) is 3. The lowest BCUT2D eigenvalue weighted by Gasteiger charge is -2.37. The highest BCUT2D eigenvalue weighted by molar-refractivity contribution is 5.76. The molecule has 1 heterocycles. The summed E-state index contributed by atoms with van der Waals surface area (Å²) in [4.78, 5) is 11.7. The number of aliphatic hydroxyl groups is 2. The second-order valence-corrected chi connectivity index (χ2v) is 6.17. The van der Waals surface area contributed by atoms with Gasteiger partial charge in [0.05, 0.1) is 19.8 Å². The summed E-state index contributed by atoms with van der Waals surface area (Å²) in [6.07, 6.45) is -4.67. The van der Waals surface area contributed by atoms with Crippen molar-refractivity contribution < 1.29 is 29.2 Å². The largest absolute Gasteiger partial charge is 0.455 e. The van der Waals surface area contributed by atoms with Gasteiger partial charge in [-0.05, 0) is 11.1 Å². The van der Waals surface area contributed by atoms with E-state index in [9.17, 15) is 15.0 Å². The zero-order valence-electron chi connectivity index (χ0n) is 14.2. The molecule has 2 aromatic rings. The quantitative estimate of drug-likeness (QED) is 0.729. The number of hydrogen-bond donors (Lipinski definition) is 2. The minimum Gasteiger partial charge on any atom is -0.455 e. The van der Waals surface area contributed by atoms with Crippen molar-refractivity contribution in [2.75, 3.05) is 6.61 Å². The molecule has 4 atom stereocenters. The van der Waals surface area contributed by atoms with Gasteiger partial charge < -0.3 is 24.4 Å². The molecule has 6 nitrogen and oxygen atoms in total. The van der Waals surface area contributed by atoms with Gasteiger partial charge in [0, 0.05) is 0 Å². The van der Waals surface area contributed by atoms with Crippen LogP contribution >= 0.6 is 0 Å². The predicted molar refractivity (Wildman–Crippen MR) is 93.0 cm³/mol. The standard InChI is InChI=1S/C20H22O6/c21-17-18(22)20(23)26-16(13-24-11-14-7-3-1-4-8-14)19(17)25-12-15-9-5-2-6-10-15/h1-10,16-19,21-22H,11-13H2/t16-,17-,18+,19-/m0/s1. The highest BCUT2D eigenvalue weighted by Gasteiger charge is 2.45. The van der Waals surface area contributed by atoms with Crippen molar-refractivity contribution in [1.29, 1.82) is 0 Å². The Labute approximate surface area is 151 Å². The normalized spacial score (nSPS) is 25.7. The second kappa shape index (κ2) is 8.91. The Balaban J connectivity index is 1.60. The molecule has 0 saturated carbocycles. The van der Waals surface area contributed by atoms with Crippen LogP contribution in [0, 0.1) is 0 Å². The van der Waals surface area contributed by atoms with Crippen molar-refractivity contribution in [3.8, 4) is 0 Å². The summed E-state index contributed by atoms with van der Waals surface area (Å²) in [7, 11) is 0. The molecule has 0 aliphatic carbocycles. The van der Waals surface area contributed by atoms with Crippen LogP contribution in [0.3, 0.4) is 0 Å². The average Bonchev–Trinajstić information content (AvgIpc) is 2.67. The van der Waals surface area contributed by atoms with E-state index in [0.29, 0.717) is 6.61 Å². The lowest BCUT2D eigenvalue weighted by atomic mass is 9.99. The summed E-state index contributed by atoms with van der Waals surface area (Å²) in [5, 5.41) is 20.0. The first-order valence-corrected chi connectivity index (χ1v) is 8.49. The van der Waals surface area contributed by atoms with Gasteiger partial charge >= 0.3 is 5.97 Å². The summed E-state index contributed by atoms with van der Waals surface area (Å²) in [6, 6.07) is 19.0. The monoisotopic (exact) mass is 358 g/mol. The number of esters is 1. The van der Waals surface area contributed by atoms with Gasteiger partial charge in [-0.15, -0.1) is 0 Å². The van der Waals surface area contributed by atoms with Crippen molar-refractivity contribution >= 4 is 5.97 Å². The number of carbonyl (C=O) groups is 1. The third kappa shape index (κ3) is 4.68. The molecule has 26 heavy (non-hydrogen) atoms. The van der Waals surface area contributed by atoms with Gasteiger partial charge in [-0.2, -0.15) is 0 Å². The molecule has 0 amide bonds. The van der Waals surface area contributed by atoms with Crippen molar-refractivity contribution in [3.05, 3.63) is 71.8 Å². The van der Waals surface area contributed by atoms with Crippen LogP contribution in [0.25, 0.3) is 0 Å². The smallest absolute Gasteiger partial charge is 0.338 e. The SMILES string of the molecule is O=C1O[C@@H](COCc2ccccc2)[C@H](OCc2ccccc2)[C@@H](O)[C@H]1O. The summed E-state index contributed by atoms with van der Waals surface area (Å²) in [5.74, 6) is -0.870. The van der Waals surface area contributed by atoms with E-state index in [1.54, 1.807) is 0 Å². The van der Waals surface area contributed by atoms with Gasteiger partial charge in [-0.3, -0.25) is 0 Å². The average molecular weight is 358 g/mol. The number of carbonyl (C=O) groups excluding carboxylic acids is 1. The Bertz CT molecular complexity index is 690. The van der Waals surface area contributed by atoms with E-state index < -0.39 is 30.4 Å². The first-order chi connectivity index (χ1) is 12.6. The number of aliphatic hydroxyl groups excluding tert-OH is 2. The zero-order chi connectivity index (χ0) is 18.4. The molecule has 0 bridgehead atoms. The Kier molecular flexibility index (Phi) is 6.35. The summed E-state index contributed by atoms with van der Waals surface area (Å²) >= 11 is 0. The number of hydrogen-bond acceptors (Lipinski definition) is 6. The van der Waals surface area contributed by atoms with Gasteiger partial charge in [0.15, 0.2) is 12.2 Å². The maximum atomic E-state index is 11.7. The van der Waals surface area contributed by atoms with Crippen LogP contribution in [0.5, 0.6) is 0 Å². The van der Waals surface area contributed by atoms with Crippen LogP contribution in [0.15, 0.2) is 60.7 Å². The van der Waals surface area contributed by atoms with Crippen LogP contribution in [0.4, 0.5) is 0 Å². The van der Waals surface area contributed by atoms with Crippen LogP contribution in [0.2, 0.25) is 0 Å². The topological polar surface area (TPSA) is 85.2 Å². The molecule has 2 N–H and O–H groups in total. The summed E-state index contributed by atoms with van der Waals surface area (Å²) < 4.78 is 16.6. The van der Waals surface area contributed by atoms with Crippen molar-refractivity contribution in [1.82, 2.24) is 0 Å². The number of cyclic esters (lactones) is 1.